The van der Waals surface area contributed by atoms with Gasteiger partial charge in [-0.1, -0.05) is 23.2 Å². The van der Waals surface area contributed by atoms with E-state index in [2.05, 4.69) is 10.5 Å². The van der Waals surface area contributed by atoms with Gasteiger partial charge in [-0.3, -0.25) is 9.63 Å². The first-order chi connectivity index (χ1) is 12.4. The van der Waals surface area contributed by atoms with Crippen LogP contribution in [-0.2, 0) is 4.84 Å². The zero-order valence-electron chi connectivity index (χ0n) is 13.8. The molecule has 26 heavy (non-hydrogen) atoms. The second-order valence-electron chi connectivity index (χ2n) is 5.89. The summed E-state index contributed by atoms with van der Waals surface area (Å²) in [5.41, 5.74) is 8.25. The number of nitrogen functional groups attached to an aromatic ring is 1. The SMILES string of the molecule is COc1c(Cl)ccc(-c2cc(N)c(Cl)c(C(=O)NOCC3CC3)n2)c1F. The number of pyridine rings is 1. The van der Waals surface area contributed by atoms with Crippen molar-refractivity contribution in [1.29, 1.82) is 0 Å². The summed E-state index contributed by atoms with van der Waals surface area (Å²) in [4.78, 5) is 21.6. The topological polar surface area (TPSA) is 86.5 Å². The summed E-state index contributed by atoms with van der Waals surface area (Å²) in [6, 6.07) is 4.25. The molecule has 1 aromatic heterocycles. The summed E-state index contributed by atoms with van der Waals surface area (Å²) >= 11 is 12.0. The molecule has 9 heteroatoms. The average Bonchev–Trinajstić information content (AvgIpc) is 3.42. The number of benzene rings is 1. The summed E-state index contributed by atoms with van der Waals surface area (Å²) in [7, 11) is 1.30. The van der Waals surface area contributed by atoms with E-state index >= 15 is 0 Å². The monoisotopic (exact) mass is 399 g/mol. The van der Waals surface area contributed by atoms with Crippen molar-refractivity contribution in [3.63, 3.8) is 0 Å². The number of methoxy groups -OCH3 is 1. The van der Waals surface area contributed by atoms with Crippen molar-refractivity contribution in [3.8, 4) is 17.0 Å². The summed E-state index contributed by atoms with van der Waals surface area (Å²) in [5, 5.41) is 0.0738. The number of amides is 1. The standard InChI is InChI=1S/C17H16Cl2FN3O3/c1-25-16-10(18)5-4-9(14(16)20)12-6-11(21)13(19)15(22-12)17(24)23-26-7-8-2-3-8/h4-6,8H,2-3,7H2,1H3,(H2,21,22)(H,23,24). The molecule has 1 aliphatic carbocycles. The smallest absolute Gasteiger partial charge is 0.295 e. The molecule has 0 saturated heterocycles. The van der Waals surface area contributed by atoms with Gasteiger partial charge in [-0.2, -0.15) is 0 Å². The molecular formula is C17H16Cl2FN3O3. The number of hydroxylamine groups is 1. The van der Waals surface area contributed by atoms with Crippen LogP contribution in [0.15, 0.2) is 18.2 Å². The first-order valence-electron chi connectivity index (χ1n) is 7.82. The Morgan fingerprint density at radius 3 is 2.81 bits per heavy atom. The van der Waals surface area contributed by atoms with Crippen molar-refractivity contribution < 1.29 is 18.8 Å². The molecular weight excluding hydrogens is 384 g/mol. The van der Waals surface area contributed by atoms with Crippen LogP contribution in [0, 0.1) is 11.7 Å². The van der Waals surface area contributed by atoms with E-state index in [0.717, 1.165) is 12.8 Å². The number of anilines is 1. The highest BCUT2D eigenvalue weighted by molar-refractivity contribution is 6.36. The van der Waals surface area contributed by atoms with Crippen LogP contribution < -0.4 is 16.0 Å². The van der Waals surface area contributed by atoms with Crippen LogP contribution in [0.2, 0.25) is 10.0 Å². The predicted octanol–water partition coefficient (Wildman–Crippen LogP) is 3.86. The highest BCUT2D eigenvalue weighted by Gasteiger charge is 2.24. The van der Waals surface area contributed by atoms with Crippen molar-refractivity contribution in [3.05, 3.63) is 39.8 Å². The van der Waals surface area contributed by atoms with E-state index in [1.54, 1.807) is 0 Å². The van der Waals surface area contributed by atoms with Gasteiger partial charge in [0.2, 0.25) is 0 Å². The van der Waals surface area contributed by atoms with Crippen LogP contribution in [0.1, 0.15) is 23.3 Å². The summed E-state index contributed by atoms with van der Waals surface area (Å²) in [5.74, 6) is -1.04. The fourth-order valence-electron chi connectivity index (χ4n) is 2.31. The van der Waals surface area contributed by atoms with Gasteiger partial charge in [-0.05, 0) is 37.0 Å². The van der Waals surface area contributed by atoms with Gasteiger partial charge in [-0.25, -0.2) is 14.9 Å². The normalized spacial score (nSPS) is 13.5. The highest BCUT2D eigenvalue weighted by Crippen LogP contribution is 2.36. The number of hydrogen-bond acceptors (Lipinski definition) is 5. The third-order valence-corrected chi connectivity index (χ3v) is 4.61. The second-order valence-corrected chi connectivity index (χ2v) is 6.67. The fourth-order valence-corrected chi connectivity index (χ4v) is 2.72. The summed E-state index contributed by atoms with van der Waals surface area (Å²) < 4.78 is 19.6. The van der Waals surface area contributed by atoms with Crippen molar-refractivity contribution >= 4 is 34.8 Å². The Balaban J connectivity index is 1.93. The van der Waals surface area contributed by atoms with Crippen molar-refractivity contribution in [2.75, 3.05) is 19.5 Å². The van der Waals surface area contributed by atoms with Gasteiger partial charge in [0, 0.05) is 5.56 Å². The largest absolute Gasteiger partial charge is 0.492 e. The molecule has 3 rings (SSSR count). The maximum Gasteiger partial charge on any atom is 0.295 e. The lowest BCUT2D eigenvalue weighted by atomic mass is 10.1. The van der Waals surface area contributed by atoms with Crippen LogP contribution >= 0.6 is 23.2 Å². The number of ether oxygens (including phenoxy) is 1. The summed E-state index contributed by atoms with van der Waals surface area (Å²) in [6.07, 6.45) is 2.16. The number of rotatable bonds is 6. The van der Waals surface area contributed by atoms with Crippen LogP contribution in [-0.4, -0.2) is 24.6 Å². The summed E-state index contributed by atoms with van der Waals surface area (Å²) in [6.45, 7) is 0.418. The van der Waals surface area contributed by atoms with Gasteiger partial charge in [0.15, 0.2) is 17.3 Å². The molecule has 1 saturated carbocycles. The van der Waals surface area contributed by atoms with Crippen LogP contribution in [0.4, 0.5) is 10.1 Å². The number of hydrogen-bond donors (Lipinski definition) is 2. The van der Waals surface area contributed by atoms with Gasteiger partial charge in [-0.15, -0.1) is 0 Å². The minimum atomic E-state index is -0.717. The molecule has 0 spiro atoms. The minimum absolute atomic E-state index is 0.0393. The molecule has 2 aromatic rings. The van der Waals surface area contributed by atoms with Gasteiger partial charge in [0.25, 0.3) is 5.91 Å². The molecule has 0 unspecified atom stereocenters. The van der Waals surface area contributed by atoms with Crippen LogP contribution in [0.25, 0.3) is 11.3 Å². The molecule has 0 aliphatic heterocycles. The molecule has 138 valence electrons. The van der Waals surface area contributed by atoms with E-state index in [0.29, 0.717) is 12.5 Å². The van der Waals surface area contributed by atoms with Gasteiger partial charge < -0.3 is 10.5 Å². The van der Waals surface area contributed by atoms with E-state index < -0.39 is 11.7 Å². The van der Waals surface area contributed by atoms with E-state index in [-0.39, 0.29) is 38.4 Å². The first kappa shape index (κ1) is 18.7. The Bertz CT molecular complexity index is 860. The minimum Gasteiger partial charge on any atom is -0.492 e. The average molecular weight is 400 g/mol. The highest BCUT2D eigenvalue weighted by atomic mass is 35.5. The predicted molar refractivity (Wildman–Crippen MR) is 96.8 cm³/mol. The van der Waals surface area contributed by atoms with Crippen molar-refractivity contribution in [2.24, 2.45) is 5.92 Å². The van der Waals surface area contributed by atoms with Crippen molar-refractivity contribution in [1.82, 2.24) is 10.5 Å². The zero-order chi connectivity index (χ0) is 18.8. The maximum atomic E-state index is 14.6. The second kappa shape index (κ2) is 7.65. The van der Waals surface area contributed by atoms with E-state index in [9.17, 15) is 9.18 Å². The van der Waals surface area contributed by atoms with Crippen LogP contribution in [0.3, 0.4) is 0 Å². The maximum absolute atomic E-state index is 14.6. The Morgan fingerprint density at radius 1 is 1.42 bits per heavy atom. The molecule has 0 atom stereocenters. The molecule has 0 bridgehead atoms. The molecule has 6 nitrogen and oxygen atoms in total. The molecule has 3 N–H and O–H groups in total. The zero-order valence-corrected chi connectivity index (χ0v) is 15.3. The van der Waals surface area contributed by atoms with E-state index in [1.807, 2.05) is 0 Å². The number of nitrogens with zero attached hydrogens (tertiary/aromatic N) is 1. The number of carbonyl (C=O) groups is 1. The lowest BCUT2D eigenvalue weighted by Gasteiger charge is -2.12. The van der Waals surface area contributed by atoms with Gasteiger partial charge in [0.1, 0.15) is 0 Å². The molecule has 1 aromatic carbocycles. The number of nitrogens with one attached hydrogen (secondary N) is 1. The Hall–Kier alpha value is -2.09. The van der Waals surface area contributed by atoms with Crippen LogP contribution in [0.5, 0.6) is 5.75 Å². The molecule has 1 aliphatic rings. The Kier molecular flexibility index (Phi) is 5.50. The van der Waals surface area contributed by atoms with E-state index in [4.69, 9.17) is 38.5 Å². The molecule has 1 fully saturated rings. The quantitative estimate of drug-likeness (QED) is 0.720. The lowest BCUT2D eigenvalue weighted by Crippen LogP contribution is -2.26. The van der Waals surface area contributed by atoms with Gasteiger partial charge >= 0.3 is 0 Å². The third-order valence-electron chi connectivity index (χ3n) is 3.91. The molecule has 1 heterocycles. The Labute approximate surface area is 159 Å². The first-order valence-corrected chi connectivity index (χ1v) is 8.58. The number of carbonyl (C=O) groups excluding carboxylic acids is 1. The third kappa shape index (κ3) is 3.85. The molecule has 1 amide bonds. The number of nitrogens with two attached hydrogens (primary N) is 1. The van der Waals surface area contributed by atoms with E-state index in [1.165, 1.54) is 25.3 Å². The number of aromatic nitrogens is 1. The fraction of sp³-hybridized carbons (Fsp3) is 0.294. The molecule has 0 radical (unpaired) electrons. The Morgan fingerprint density at radius 2 is 2.15 bits per heavy atom. The van der Waals surface area contributed by atoms with Crippen molar-refractivity contribution in [2.45, 2.75) is 12.8 Å². The number of halogens is 3. The lowest BCUT2D eigenvalue weighted by molar-refractivity contribution is 0.0266. The van der Waals surface area contributed by atoms with Gasteiger partial charge in [0.05, 0.1) is 35.1 Å².